The molecular weight excluding hydrogens is 222 g/mol. The number of hydrogen-bond donors (Lipinski definition) is 1. The summed E-state index contributed by atoms with van der Waals surface area (Å²) in [5.74, 6) is 1.83. The van der Waals surface area contributed by atoms with Crippen molar-refractivity contribution >= 4 is 0 Å². The lowest BCUT2D eigenvalue weighted by molar-refractivity contribution is 0.407. The molecule has 1 aromatic rings. The normalized spacial score (nSPS) is 18.0. The molecule has 1 atom stereocenters. The van der Waals surface area contributed by atoms with Gasteiger partial charge in [-0.15, -0.1) is 0 Å². The third-order valence-corrected chi connectivity index (χ3v) is 4.18. The SMILES string of the molecule is COc1c(C)cc(C(N)CC2CCCC2)cc1C. The van der Waals surface area contributed by atoms with E-state index in [9.17, 15) is 0 Å². The van der Waals surface area contributed by atoms with Crippen molar-refractivity contribution in [2.24, 2.45) is 11.7 Å². The van der Waals surface area contributed by atoms with Crippen LogP contribution in [0.15, 0.2) is 12.1 Å². The molecule has 1 unspecified atom stereocenters. The molecule has 2 nitrogen and oxygen atoms in total. The minimum atomic E-state index is 0.177. The minimum absolute atomic E-state index is 0.177. The lowest BCUT2D eigenvalue weighted by Crippen LogP contribution is -2.14. The van der Waals surface area contributed by atoms with Gasteiger partial charge in [-0.25, -0.2) is 0 Å². The number of hydrogen-bond acceptors (Lipinski definition) is 2. The van der Waals surface area contributed by atoms with Crippen molar-refractivity contribution in [3.8, 4) is 5.75 Å². The van der Waals surface area contributed by atoms with Gasteiger partial charge in [-0.1, -0.05) is 37.8 Å². The summed E-state index contributed by atoms with van der Waals surface area (Å²) < 4.78 is 5.40. The first kappa shape index (κ1) is 13.4. The Labute approximate surface area is 111 Å². The number of nitrogens with two attached hydrogens (primary N) is 1. The van der Waals surface area contributed by atoms with Crippen LogP contribution in [0, 0.1) is 19.8 Å². The topological polar surface area (TPSA) is 35.2 Å². The van der Waals surface area contributed by atoms with Crippen LogP contribution >= 0.6 is 0 Å². The second-order valence-corrected chi connectivity index (χ2v) is 5.68. The molecule has 1 fully saturated rings. The molecule has 0 radical (unpaired) electrons. The summed E-state index contributed by atoms with van der Waals surface area (Å²) >= 11 is 0. The van der Waals surface area contributed by atoms with Crippen LogP contribution in [0.3, 0.4) is 0 Å². The van der Waals surface area contributed by atoms with Crippen LogP contribution in [-0.4, -0.2) is 7.11 Å². The summed E-state index contributed by atoms with van der Waals surface area (Å²) in [6, 6.07) is 4.55. The van der Waals surface area contributed by atoms with E-state index in [0.717, 1.165) is 18.1 Å². The van der Waals surface area contributed by atoms with Gasteiger partial charge in [0.1, 0.15) is 5.75 Å². The van der Waals surface area contributed by atoms with Gasteiger partial charge in [0.15, 0.2) is 0 Å². The maximum absolute atomic E-state index is 6.36. The summed E-state index contributed by atoms with van der Waals surface area (Å²) in [7, 11) is 1.73. The van der Waals surface area contributed by atoms with Gasteiger partial charge in [0.05, 0.1) is 7.11 Å². The number of rotatable bonds is 4. The van der Waals surface area contributed by atoms with Crippen molar-refractivity contribution in [2.75, 3.05) is 7.11 Å². The predicted octanol–water partition coefficient (Wildman–Crippen LogP) is 3.89. The molecule has 2 rings (SSSR count). The molecule has 0 aliphatic heterocycles. The molecule has 1 aliphatic rings. The highest BCUT2D eigenvalue weighted by Gasteiger charge is 2.19. The van der Waals surface area contributed by atoms with E-state index in [1.54, 1.807) is 7.11 Å². The quantitative estimate of drug-likeness (QED) is 0.876. The van der Waals surface area contributed by atoms with Crippen LogP contribution in [0.2, 0.25) is 0 Å². The van der Waals surface area contributed by atoms with Crippen molar-refractivity contribution in [1.29, 1.82) is 0 Å². The van der Waals surface area contributed by atoms with Gasteiger partial charge in [0.2, 0.25) is 0 Å². The molecule has 2 N–H and O–H groups in total. The Hall–Kier alpha value is -1.02. The van der Waals surface area contributed by atoms with Crippen LogP contribution in [0.5, 0.6) is 5.75 Å². The summed E-state index contributed by atoms with van der Waals surface area (Å²) in [4.78, 5) is 0. The Kier molecular flexibility index (Phi) is 4.28. The molecule has 100 valence electrons. The summed E-state index contributed by atoms with van der Waals surface area (Å²) in [5.41, 5.74) is 10.0. The average molecular weight is 247 g/mol. The van der Waals surface area contributed by atoms with E-state index >= 15 is 0 Å². The van der Waals surface area contributed by atoms with E-state index in [2.05, 4.69) is 26.0 Å². The van der Waals surface area contributed by atoms with Crippen LogP contribution in [0.25, 0.3) is 0 Å². The molecule has 0 bridgehead atoms. The van der Waals surface area contributed by atoms with Crippen LogP contribution in [0.4, 0.5) is 0 Å². The number of methoxy groups -OCH3 is 1. The average Bonchev–Trinajstić information content (AvgIpc) is 2.81. The molecule has 0 amide bonds. The summed E-state index contributed by atoms with van der Waals surface area (Å²) in [5, 5.41) is 0. The van der Waals surface area contributed by atoms with Gasteiger partial charge in [-0.2, -0.15) is 0 Å². The Morgan fingerprint density at radius 1 is 1.22 bits per heavy atom. The zero-order valence-corrected chi connectivity index (χ0v) is 11.8. The van der Waals surface area contributed by atoms with Crippen molar-refractivity contribution in [3.05, 3.63) is 28.8 Å². The molecule has 0 heterocycles. The van der Waals surface area contributed by atoms with Gasteiger partial charge in [0, 0.05) is 6.04 Å². The third-order valence-electron chi connectivity index (χ3n) is 4.18. The van der Waals surface area contributed by atoms with Gasteiger partial charge in [-0.05, 0) is 42.9 Å². The van der Waals surface area contributed by atoms with Gasteiger partial charge in [-0.3, -0.25) is 0 Å². The van der Waals surface area contributed by atoms with E-state index in [4.69, 9.17) is 10.5 Å². The Morgan fingerprint density at radius 2 is 1.78 bits per heavy atom. The Balaban J connectivity index is 2.12. The molecular formula is C16H25NO. The molecule has 0 saturated heterocycles. The monoisotopic (exact) mass is 247 g/mol. The Morgan fingerprint density at radius 3 is 2.28 bits per heavy atom. The van der Waals surface area contributed by atoms with E-state index in [0.29, 0.717) is 0 Å². The zero-order chi connectivity index (χ0) is 13.1. The summed E-state index contributed by atoms with van der Waals surface area (Å²) in [6.07, 6.45) is 6.63. The van der Waals surface area contributed by atoms with Crippen LogP contribution in [-0.2, 0) is 0 Å². The van der Waals surface area contributed by atoms with Crippen molar-refractivity contribution in [3.63, 3.8) is 0 Å². The minimum Gasteiger partial charge on any atom is -0.496 e. The highest BCUT2D eigenvalue weighted by molar-refractivity contribution is 5.44. The smallest absolute Gasteiger partial charge is 0.124 e. The molecule has 0 aromatic heterocycles. The van der Waals surface area contributed by atoms with Gasteiger partial charge < -0.3 is 10.5 Å². The van der Waals surface area contributed by atoms with Crippen molar-refractivity contribution in [2.45, 2.75) is 52.0 Å². The molecule has 18 heavy (non-hydrogen) atoms. The fourth-order valence-corrected chi connectivity index (χ4v) is 3.26. The van der Waals surface area contributed by atoms with Crippen molar-refractivity contribution in [1.82, 2.24) is 0 Å². The second-order valence-electron chi connectivity index (χ2n) is 5.68. The Bertz CT molecular complexity index is 385. The van der Waals surface area contributed by atoms with Crippen LogP contribution in [0.1, 0.15) is 54.8 Å². The molecule has 1 saturated carbocycles. The lowest BCUT2D eigenvalue weighted by atomic mass is 9.92. The largest absolute Gasteiger partial charge is 0.496 e. The first-order valence-electron chi connectivity index (χ1n) is 7.02. The van der Waals surface area contributed by atoms with Crippen molar-refractivity contribution < 1.29 is 4.74 Å². The number of aryl methyl sites for hydroxylation is 2. The first-order chi connectivity index (χ1) is 8.61. The fourth-order valence-electron chi connectivity index (χ4n) is 3.26. The van der Waals surface area contributed by atoms with E-state index in [1.807, 2.05) is 0 Å². The molecule has 2 heteroatoms. The fraction of sp³-hybridized carbons (Fsp3) is 0.625. The lowest BCUT2D eigenvalue weighted by Gasteiger charge is -2.19. The third kappa shape index (κ3) is 2.86. The highest BCUT2D eigenvalue weighted by Crippen LogP contribution is 2.34. The van der Waals surface area contributed by atoms with Gasteiger partial charge >= 0.3 is 0 Å². The zero-order valence-electron chi connectivity index (χ0n) is 11.8. The van der Waals surface area contributed by atoms with E-state index in [-0.39, 0.29) is 6.04 Å². The maximum atomic E-state index is 6.36. The highest BCUT2D eigenvalue weighted by atomic mass is 16.5. The predicted molar refractivity (Wildman–Crippen MR) is 76.0 cm³/mol. The van der Waals surface area contributed by atoms with E-state index in [1.165, 1.54) is 42.4 Å². The standard InChI is InChI=1S/C16H25NO/c1-11-8-14(9-12(2)16(11)18-3)15(17)10-13-6-4-5-7-13/h8-9,13,15H,4-7,10,17H2,1-3H3. The molecule has 1 aliphatic carbocycles. The second kappa shape index (κ2) is 5.75. The summed E-state index contributed by atoms with van der Waals surface area (Å²) in [6.45, 7) is 4.19. The molecule has 1 aromatic carbocycles. The number of benzene rings is 1. The first-order valence-corrected chi connectivity index (χ1v) is 7.02. The number of ether oxygens (including phenoxy) is 1. The molecule has 0 spiro atoms. The van der Waals surface area contributed by atoms with Crippen LogP contribution < -0.4 is 10.5 Å². The maximum Gasteiger partial charge on any atom is 0.124 e. The van der Waals surface area contributed by atoms with E-state index < -0.39 is 0 Å². The van der Waals surface area contributed by atoms with Gasteiger partial charge in [0.25, 0.3) is 0 Å².